The predicted octanol–water partition coefficient (Wildman–Crippen LogP) is 3.89. The third kappa shape index (κ3) is 2.47. The van der Waals surface area contributed by atoms with Crippen molar-refractivity contribution in [3.8, 4) is 5.75 Å². The molecule has 4 heteroatoms. The number of nitrogens with zero attached hydrogens (tertiary/aromatic N) is 1. The number of likely N-dealkylation sites (tertiary alicyclic amines) is 1. The molecule has 0 aliphatic carbocycles. The highest BCUT2D eigenvalue weighted by Crippen LogP contribution is 2.30. The van der Waals surface area contributed by atoms with Crippen LogP contribution in [0.2, 0.25) is 0 Å². The predicted molar refractivity (Wildman–Crippen MR) is 88.6 cm³/mol. The maximum atomic E-state index is 13.1. The maximum absolute atomic E-state index is 13.1. The lowest BCUT2D eigenvalue weighted by atomic mass is 9.98. The van der Waals surface area contributed by atoms with Crippen LogP contribution in [0.15, 0.2) is 18.2 Å². The van der Waals surface area contributed by atoms with Crippen LogP contribution >= 0.6 is 0 Å². The second-order valence-electron chi connectivity index (χ2n) is 6.09. The highest BCUT2D eigenvalue weighted by Gasteiger charge is 2.29. The van der Waals surface area contributed by atoms with Crippen LogP contribution < -0.4 is 4.74 Å². The molecule has 0 radical (unpaired) electrons. The van der Waals surface area contributed by atoms with E-state index in [1.54, 1.807) is 7.11 Å². The van der Waals surface area contributed by atoms with Crippen LogP contribution in [-0.2, 0) is 0 Å². The molecule has 1 aliphatic rings. The Morgan fingerprint density at radius 2 is 2.23 bits per heavy atom. The number of aromatic amines is 1. The van der Waals surface area contributed by atoms with E-state index >= 15 is 0 Å². The normalized spacial score (nSPS) is 18.7. The highest BCUT2D eigenvalue weighted by molar-refractivity contribution is 6.08. The largest absolute Gasteiger partial charge is 0.497 e. The summed E-state index contributed by atoms with van der Waals surface area (Å²) in [6.07, 6.45) is 4.47. The maximum Gasteiger partial charge on any atom is 0.256 e. The minimum absolute atomic E-state index is 0.156. The zero-order valence-corrected chi connectivity index (χ0v) is 13.6. The lowest BCUT2D eigenvalue weighted by Gasteiger charge is -2.35. The number of ether oxygens (including phenoxy) is 1. The molecular weight excluding hydrogens is 276 g/mol. The topological polar surface area (TPSA) is 45.3 Å². The Morgan fingerprint density at radius 3 is 2.95 bits per heavy atom. The van der Waals surface area contributed by atoms with E-state index in [0.717, 1.165) is 53.7 Å². The van der Waals surface area contributed by atoms with Crippen molar-refractivity contribution < 1.29 is 9.53 Å². The fourth-order valence-corrected chi connectivity index (χ4v) is 3.54. The first-order valence-corrected chi connectivity index (χ1v) is 8.13. The van der Waals surface area contributed by atoms with Gasteiger partial charge >= 0.3 is 0 Å². The lowest BCUT2D eigenvalue weighted by Crippen LogP contribution is -2.43. The van der Waals surface area contributed by atoms with Gasteiger partial charge in [0.1, 0.15) is 5.75 Å². The van der Waals surface area contributed by atoms with E-state index in [0.29, 0.717) is 6.04 Å². The summed E-state index contributed by atoms with van der Waals surface area (Å²) in [4.78, 5) is 18.5. The molecule has 4 nitrogen and oxygen atoms in total. The molecule has 1 saturated heterocycles. The van der Waals surface area contributed by atoms with Gasteiger partial charge in [-0.05, 0) is 50.8 Å². The van der Waals surface area contributed by atoms with Gasteiger partial charge in [-0.25, -0.2) is 0 Å². The molecule has 1 amide bonds. The number of hydrogen-bond acceptors (Lipinski definition) is 2. The number of fused-ring (bicyclic) bond motifs is 1. The summed E-state index contributed by atoms with van der Waals surface area (Å²) in [6.45, 7) is 5.01. The van der Waals surface area contributed by atoms with Crippen LogP contribution in [0.5, 0.6) is 5.75 Å². The fraction of sp³-hybridized carbons (Fsp3) is 0.500. The summed E-state index contributed by atoms with van der Waals surface area (Å²) in [5.41, 5.74) is 2.73. The summed E-state index contributed by atoms with van der Waals surface area (Å²) in [7, 11) is 1.65. The van der Waals surface area contributed by atoms with Crippen LogP contribution in [0.4, 0.5) is 0 Å². The molecular formula is C18H24N2O2. The molecule has 1 fully saturated rings. The Labute approximate surface area is 131 Å². The zero-order valence-electron chi connectivity index (χ0n) is 13.6. The molecule has 1 atom stereocenters. The number of rotatable bonds is 3. The van der Waals surface area contributed by atoms with Crippen LogP contribution in [-0.4, -0.2) is 35.5 Å². The number of methoxy groups -OCH3 is 1. The molecule has 1 aliphatic heterocycles. The van der Waals surface area contributed by atoms with Gasteiger partial charge in [-0.3, -0.25) is 4.79 Å². The van der Waals surface area contributed by atoms with E-state index in [9.17, 15) is 4.79 Å². The highest BCUT2D eigenvalue weighted by atomic mass is 16.5. The van der Waals surface area contributed by atoms with Gasteiger partial charge in [-0.1, -0.05) is 6.92 Å². The van der Waals surface area contributed by atoms with Crippen molar-refractivity contribution in [3.05, 3.63) is 29.5 Å². The number of carbonyl (C=O) groups is 1. The van der Waals surface area contributed by atoms with Crippen molar-refractivity contribution in [3.63, 3.8) is 0 Å². The summed E-state index contributed by atoms with van der Waals surface area (Å²) < 4.78 is 5.32. The molecule has 3 rings (SSSR count). The number of aromatic nitrogens is 1. The van der Waals surface area contributed by atoms with Crippen LogP contribution in [0.1, 0.15) is 48.7 Å². The van der Waals surface area contributed by atoms with E-state index in [4.69, 9.17) is 4.74 Å². The molecule has 22 heavy (non-hydrogen) atoms. The number of nitrogens with one attached hydrogen (secondary N) is 1. The van der Waals surface area contributed by atoms with Gasteiger partial charge < -0.3 is 14.6 Å². The first-order chi connectivity index (χ1) is 10.7. The second-order valence-corrected chi connectivity index (χ2v) is 6.09. The number of amides is 1. The van der Waals surface area contributed by atoms with Crippen molar-refractivity contribution in [2.75, 3.05) is 13.7 Å². The van der Waals surface area contributed by atoms with E-state index in [2.05, 4.69) is 16.8 Å². The van der Waals surface area contributed by atoms with Crippen molar-refractivity contribution in [2.45, 2.75) is 45.6 Å². The zero-order chi connectivity index (χ0) is 15.7. The van der Waals surface area contributed by atoms with Gasteiger partial charge in [-0.15, -0.1) is 0 Å². The Balaban J connectivity index is 2.04. The van der Waals surface area contributed by atoms with Crippen LogP contribution in [0, 0.1) is 6.92 Å². The third-order valence-electron chi connectivity index (χ3n) is 4.77. The Hall–Kier alpha value is -1.97. The Bertz CT molecular complexity index is 690. The van der Waals surface area contributed by atoms with Gasteiger partial charge in [0, 0.05) is 29.2 Å². The number of aryl methyl sites for hydroxylation is 1. The van der Waals surface area contributed by atoms with E-state index < -0.39 is 0 Å². The molecule has 1 unspecified atom stereocenters. The van der Waals surface area contributed by atoms with Gasteiger partial charge in [-0.2, -0.15) is 0 Å². The number of hydrogen-bond donors (Lipinski definition) is 1. The van der Waals surface area contributed by atoms with E-state index in [1.807, 2.05) is 25.1 Å². The molecule has 0 bridgehead atoms. The summed E-state index contributed by atoms with van der Waals surface area (Å²) >= 11 is 0. The molecule has 0 saturated carbocycles. The smallest absolute Gasteiger partial charge is 0.256 e. The first kappa shape index (κ1) is 14.9. The fourth-order valence-electron chi connectivity index (χ4n) is 3.54. The molecule has 118 valence electrons. The van der Waals surface area contributed by atoms with E-state index in [1.165, 1.54) is 6.42 Å². The Morgan fingerprint density at radius 1 is 1.41 bits per heavy atom. The third-order valence-corrected chi connectivity index (χ3v) is 4.77. The number of H-pyrrole nitrogens is 1. The molecule has 2 aromatic rings. The lowest BCUT2D eigenvalue weighted by molar-refractivity contribution is 0.0609. The second kappa shape index (κ2) is 6.03. The number of carbonyl (C=O) groups excluding carboxylic acids is 1. The quantitative estimate of drug-likeness (QED) is 0.934. The standard InChI is InChI=1S/C18H24N2O2/c1-4-13-7-5-6-10-20(13)18(21)17-12(2)19-16-9-8-14(22-3)11-15(16)17/h8-9,11,13,19H,4-7,10H2,1-3H3. The average molecular weight is 300 g/mol. The first-order valence-electron chi connectivity index (χ1n) is 8.13. The molecule has 2 heterocycles. The van der Waals surface area contributed by atoms with Gasteiger partial charge in [0.2, 0.25) is 0 Å². The van der Waals surface area contributed by atoms with Gasteiger partial charge in [0.15, 0.2) is 0 Å². The van der Waals surface area contributed by atoms with Crippen LogP contribution in [0.3, 0.4) is 0 Å². The summed E-state index contributed by atoms with van der Waals surface area (Å²) in [6, 6.07) is 6.22. The van der Waals surface area contributed by atoms with Crippen molar-refractivity contribution >= 4 is 16.8 Å². The number of piperidine rings is 1. The van der Waals surface area contributed by atoms with E-state index in [-0.39, 0.29) is 5.91 Å². The minimum Gasteiger partial charge on any atom is -0.497 e. The average Bonchev–Trinajstić information content (AvgIpc) is 2.88. The molecule has 1 aromatic carbocycles. The molecule has 1 aromatic heterocycles. The Kier molecular flexibility index (Phi) is 4.10. The summed E-state index contributed by atoms with van der Waals surface area (Å²) in [5.74, 6) is 0.940. The van der Waals surface area contributed by atoms with Gasteiger partial charge in [0.05, 0.1) is 12.7 Å². The van der Waals surface area contributed by atoms with Crippen molar-refractivity contribution in [1.29, 1.82) is 0 Å². The SMILES string of the molecule is CCC1CCCCN1C(=O)c1c(C)[nH]c2ccc(OC)cc12. The van der Waals surface area contributed by atoms with Crippen LogP contribution in [0.25, 0.3) is 10.9 Å². The van der Waals surface area contributed by atoms with Crippen molar-refractivity contribution in [2.24, 2.45) is 0 Å². The molecule has 1 N–H and O–H groups in total. The molecule has 0 spiro atoms. The monoisotopic (exact) mass is 300 g/mol. The minimum atomic E-state index is 0.156. The van der Waals surface area contributed by atoms with Crippen molar-refractivity contribution in [1.82, 2.24) is 9.88 Å². The summed E-state index contributed by atoms with van der Waals surface area (Å²) in [5, 5.41) is 0.960. The number of benzene rings is 1. The van der Waals surface area contributed by atoms with Gasteiger partial charge in [0.25, 0.3) is 5.91 Å².